The fraction of sp³-hybridized carbons (Fsp3) is 0.312. The Bertz CT molecular complexity index is 792. The summed E-state index contributed by atoms with van der Waals surface area (Å²) in [5.41, 5.74) is 0.224. The number of rotatable bonds is 5. The van der Waals surface area contributed by atoms with Crippen LogP contribution in [0.15, 0.2) is 41.0 Å². The molecule has 0 bridgehead atoms. The maximum Gasteiger partial charge on any atom is 0.416 e. The summed E-state index contributed by atoms with van der Waals surface area (Å²) < 4.78 is 50.9. The molecular weight excluding hydrogens is 309 g/mol. The van der Waals surface area contributed by atoms with E-state index in [4.69, 9.17) is 9.15 Å². The summed E-state index contributed by atoms with van der Waals surface area (Å²) in [5, 5.41) is 0. The monoisotopic (exact) mass is 324 g/mol. The van der Waals surface area contributed by atoms with Gasteiger partial charge in [-0.2, -0.15) is 13.2 Å². The number of benzene rings is 1. The quantitative estimate of drug-likeness (QED) is 0.655. The van der Waals surface area contributed by atoms with Crippen LogP contribution >= 0.6 is 0 Å². The molecule has 1 aromatic carbocycles. The van der Waals surface area contributed by atoms with Gasteiger partial charge in [0.1, 0.15) is 0 Å². The summed E-state index contributed by atoms with van der Waals surface area (Å²) in [4.78, 5) is 4.34. The van der Waals surface area contributed by atoms with E-state index >= 15 is 0 Å². The zero-order valence-electron chi connectivity index (χ0n) is 12.4. The largest absolute Gasteiger partial charge is 0.461 e. The normalized spacial score (nSPS) is 12.2. The van der Waals surface area contributed by atoms with Crippen LogP contribution in [0.3, 0.4) is 0 Å². The van der Waals surface area contributed by atoms with Gasteiger partial charge in [0.25, 0.3) is 0 Å². The molecule has 0 saturated heterocycles. The third-order valence-electron chi connectivity index (χ3n) is 3.55. The number of nitrogens with zero attached hydrogens (tertiary/aromatic N) is 2. The predicted octanol–water partition coefficient (Wildman–Crippen LogP) is 4.35. The van der Waals surface area contributed by atoms with Crippen LogP contribution in [-0.4, -0.2) is 23.3 Å². The third kappa shape index (κ3) is 3.10. The Balaban J connectivity index is 2.10. The Hall–Kier alpha value is -2.28. The van der Waals surface area contributed by atoms with E-state index in [1.54, 1.807) is 19.2 Å². The van der Waals surface area contributed by atoms with Crippen LogP contribution in [0.2, 0.25) is 0 Å². The van der Waals surface area contributed by atoms with Gasteiger partial charge in [-0.25, -0.2) is 4.98 Å². The van der Waals surface area contributed by atoms with Gasteiger partial charge in [-0.05, 0) is 36.8 Å². The fourth-order valence-electron chi connectivity index (χ4n) is 2.49. The maximum atomic E-state index is 12.9. The lowest BCUT2D eigenvalue weighted by Gasteiger charge is -2.08. The molecule has 0 aliphatic carbocycles. The standard InChI is InChI=1S/C16H15F3N2O2/c1-22-8-3-7-21-13-6-5-11(16(17,18)19)10-12(13)20-15(21)14-4-2-9-23-14/h2,4-6,9-10H,3,7-8H2,1H3. The van der Waals surface area contributed by atoms with Crippen LogP contribution < -0.4 is 0 Å². The number of hydrogen-bond donors (Lipinski definition) is 0. The van der Waals surface area contributed by atoms with Crippen LogP contribution in [0.4, 0.5) is 13.2 Å². The minimum Gasteiger partial charge on any atom is -0.461 e. The second-order valence-electron chi connectivity index (χ2n) is 5.11. The van der Waals surface area contributed by atoms with Crippen molar-refractivity contribution in [3.63, 3.8) is 0 Å². The van der Waals surface area contributed by atoms with Gasteiger partial charge in [0.05, 0.1) is 22.9 Å². The molecule has 0 aliphatic heterocycles. The topological polar surface area (TPSA) is 40.2 Å². The highest BCUT2D eigenvalue weighted by Gasteiger charge is 2.31. The average molecular weight is 324 g/mol. The van der Waals surface area contributed by atoms with Crippen molar-refractivity contribution in [2.75, 3.05) is 13.7 Å². The molecule has 3 rings (SSSR count). The summed E-state index contributed by atoms with van der Waals surface area (Å²) in [7, 11) is 1.61. The van der Waals surface area contributed by atoms with Gasteiger partial charge in [-0.15, -0.1) is 0 Å². The van der Waals surface area contributed by atoms with Gasteiger partial charge in [0, 0.05) is 20.3 Å². The highest BCUT2D eigenvalue weighted by Crippen LogP contribution is 2.33. The van der Waals surface area contributed by atoms with Crippen LogP contribution in [0.1, 0.15) is 12.0 Å². The molecule has 3 aromatic rings. The molecule has 0 aliphatic rings. The number of methoxy groups -OCH3 is 1. The summed E-state index contributed by atoms with van der Waals surface area (Å²) >= 11 is 0. The molecule has 0 unspecified atom stereocenters. The van der Waals surface area contributed by atoms with E-state index in [0.717, 1.165) is 18.6 Å². The molecule has 122 valence electrons. The van der Waals surface area contributed by atoms with Gasteiger partial charge in [-0.1, -0.05) is 0 Å². The van der Waals surface area contributed by atoms with Gasteiger partial charge < -0.3 is 13.7 Å². The molecule has 0 spiro atoms. The van der Waals surface area contributed by atoms with E-state index in [9.17, 15) is 13.2 Å². The minimum atomic E-state index is -4.39. The highest BCUT2D eigenvalue weighted by molar-refractivity contribution is 5.80. The second kappa shape index (κ2) is 6.08. The summed E-state index contributed by atoms with van der Waals surface area (Å²) in [6, 6.07) is 7.04. The molecule has 0 saturated carbocycles. The Labute approximate surface area is 130 Å². The molecule has 4 nitrogen and oxygen atoms in total. The fourth-order valence-corrected chi connectivity index (χ4v) is 2.49. The van der Waals surface area contributed by atoms with Gasteiger partial charge in [-0.3, -0.25) is 0 Å². The van der Waals surface area contributed by atoms with Crippen molar-refractivity contribution in [3.05, 3.63) is 42.2 Å². The first kappa shape index (κ1) is 15.6. The third-order valence-corrected chi connectivity index (χ3v) is 3.55. The number of aryl methyl sites for hydroxylation is 1. The van der Waals surface area contributed by atoms with E-state index in [0.29, 0.717) is 35.8 Å². The molecular formula is C16H15F3N2O2. The molecule has 0 atom stereocenters. The zero-order chi connectivity index (χ0) is 16.4. The van der Waals surface area contributed by atoms with E-state index in [1.807, 2.05) is 4.57 Å². The maximum absolute atomic E-state index is 12.9. The van der Waals surface area contributed by atoms with Gasteiger partial charge in [0.15, 0.2) is 11.6 Å². The van der Waals surface area contributed by atoms with Gasteiger partial charge in [0.2, 0.25) is 0 Å². The van der Waals surface area contributed by atoms with Crippen molar-refractivity contribution in [2.24, 2.45) is 0 Å². The van der Waals surface area contributed by atoms with Crippen molar-refractivity contribution < 1.29 is 22.3 Å². The number of alkyl halides is 3. The molecule has 0 fully saturated rings. The lowest BCUT2D eigenvalue weighted by Crippen LogP contribution is -2.05. The van der Waals surface area contributed by atoms with E-state index < -0.39 is 11.7 Å². The molecule has 7 heteroatoms. The Morgan fingerprint density at radius 1 is 1.26 bits per heavy atom. The summed E-state index contributed by atoms with van der Waals surface area (Å²) in [5.74, 6) is 1.03. The first-order valence-electron chi connectivity index (χ1n) is 7.11. The van der Waals surface area contributed by atoms with Crippen molar-refractivity contribution in [3.8, 4) is 11.6 Å². The Kier molecular flexibility index (Phi) is 4.12. The highest BCUT2D eigenvalue weighted by atomic mass is 19.4. The average Bonchev–Trinajstić information content (AvgIpc) is 3.13. The predicted molar refractivity (Wildman–Crippen MR) is 78.9 cm³/mol. The number of halogens is 3. The Morgan fingerprint density at radius 3 is 2.74 bits per heavy atom. The van der Waals surface area contributed by atoms with Crippen molar-refractivity contribution in [1.82, 2.24) is 9.55 Å². The molecule has 2 heterocycles. The van der Waals surface area contributed by atoms with E-state index in [2.05, 4.69) is 4.98 Å². The van der Waals surface area contributed by atoms with Crippen molar-refractivity contribution >= 4 is 11.0 Å². The van der Waals surface area contributed by atoms with Crippen LogP contribution in [0.25, 0.3) is 22.6 Å². The summed E-state index contributed by atoms with van der Waals surface area (Å²) in [6.07, 6.45) is -2.16. The molecule has 0 radical (unpaired) electrons. The van der Waals surface area contributed by atoms with Crippen molar-refractivity contribution in [2.45, 2.75) is 19.1 Å². The van der Waals surface area contributed by atoms with E-state index in [1.165, 1.54) is 12.3 Å². The van der Waals surface area contributed by atoms with Crippen LogP contribution in [0, 0.1) is 0 Å². The first-order valence-corrected chi connectivity index (χ1v) is 7.11. The number of hydrogen-bond acceptors (Lipinski definition) is 3. The number of ether oxygens (including phenoxy) is 1. The number of furan rings is 1. The van der Waals surface area contributed by atoms with Crippen molar-refractivity contribution in [1.29, 1.82) is 0 Å². The Morgan fingerprint density at radius 2 is 2.09 bits per heavy atom. The van der Waals surface area contributed by atoms with Crippen LogP contribution in [-0.2, 0) is 17.5 Å². The zero-order valence-corrected chi connectivity index (χ0v) is 12.4. The lowest BCUT2D eigenvalue weighted by atomic mass is 10.2. The van der Waals surface area contributed by atoms with Gasteiger partial charge >= 0.3 is 6.18 Å². The SMILES string of the molecule is COCCCn1c(-c2ccco2)nc2cc(C(F)(F)F)ccc21. The minimum absolute atomic E-state index is 0.295. The molecule has 23 heavy (non-hydrogen) atoms. The molecule has 0 amide bonds. The number of aromatic nitrogens is 2. The second-order valence-corrected chi connectivity index (χ2v) is 5.11. The van der Waals surface area contributed by atoms with Crippen LogP contribution in [0.5, 0.6) is 0 Å². The smallest absolute Gasteiger partial charge is 0.416 e. The lowest BCUT2D eigenvalue weighted by molar-refractivity contribution is -0.137. The summed E-state index contributed by atoms with van der Waals surface area (Å²) in [6.45, 7) is 1.13. The van der Waals surface area contributed by atoms with E-state index in [-0.39, 0.29) is 0 Å². The number of imidazole rings is 1. The molecule has 2 aromatic heterocycles. The molecule has 0 N–H and O–H groups in total. The number of fused-ring (bicyclic) bond motifs is 1. The first-order chi connectivity index (χ1) is 11.0.